The van der Waals surface area contributed by atoms with Crippen molar-refractivity contribution >= 4 is 35.0 Å². The van der Waals surface area contributed by atoms with Crippen molar-refractivity contribution < 1.29 is 18.4 Å². The summed E-state index contributed by atoms with van der Waals surface area (Å²) in [6.07, 6.45) is 0.461. The van der Waals surface area contributed by atoms with E-state index in [2.05, 4.69) is 6.07 Å². The maximum absolute atomic E-state index is 13.7. The monoisotopic (exact) mass is 508 g/mol. The Hall–Kier alpha value is -3.64. The van der Waals surface area contributed by atoms with E-state index in [9.17, 15) is 23.6 Å². The van der Waals surface area contributed by atoms with Crippen molar-refractivity contribution in [2.75, 3.05) is 31.1 Å². The second-order valence-electron chi connectivity index (χ2n) is 9.00. The van der Waals surface area contributed by atoms with Crippen LogP contribution in [0.3, 0.4) is 0 Å². The molecule has 0 N–H and O–H groups in total. The van der Waals surface area contributed by atoms with Gasteiger partial charge in [0.1, 0.15) is 28.3 Å². The molecule has 0 spiro atoms. The van der Waals surface area contributed by atoms with Gasteiger partial charge >= 0.3 is 0 Å². The Morgan fingerprint density at radius 3 is 2.06 bits per heavy atom. The summed E-state index contributed by atoms with van der Waals surface area (Å²) >= 11 is 1.22. The normalized spacial score (nSPS) is 17.2. The number of nitriles is 1. The van der Waals surface area contributed by atoms with Crippen molar-refractivity contribution in [3.63, 3.8) is 0 Å². The van der Waals surface area contributed by atoms with Gasteiger partial charge in [0.05, 0.1) is 5.70 Å². The standard InChI is InChI=1S/C27H26F2N4O2S/c1-18(2)15-25(34)31-11-13-32(14-12-31)26(35)23(16-30)27-33(22-9-7-21(29)8-10-22)24(17-36-27)19-3-5-20(28)6-4-19/h3-10,17-18H,11-15H2,1-2H3/b27-23-. The van der Waals surface area contributed by atoms with Crippen LogP contribution < -0.4 is 4.90 Å². The van der Waals surface area contributed by atoms with E-state index in [1.165, 1.54) is 36.0 Å². The molecule has 1 saturated heterocycles. The van der Waals surface area contributed by atoms with Crippen LogP contribution in [0, 0.1) is 28.9 Å². The van der Waals surface area contributed by atoms with Crippen molar-refractivity contribution in [3.05, 3.63) is 81.7 Å². The van der Waals surface area contributed by atoms with E-state index in [0.717, 1.165) is 0 Å². The summed E-state index contributed by atoms with van der Waals surface area (Å²) < 4.78 is 27.2. The van der Waals surface area contributed by atoms with Crippen molar-refractivity contribution in [1.82, 2.24) is 9.80 Å². The first-order valence-corrected chi connectivity index (χ1v) is 12.6. The fraction of sp³-hybridized carbons (Fsp3) is 0.296. The Bertz CT molecular complexity index is 1240. The smallest absolute Gasteiger partial charge is 0.267 e. The molecule has 2 aliphatic rings. The summed E-state index contributed by atoms with van der Waals surface area (Å²) in [5, 5.41) is 12.2. The van der Waals surface area contributed by atoms with Gasteiger partial charge in [-0.05, 0) is 60.0 Å². The second kappa shape index (κ2) is 11.0. The zero-order valence-electron chi connectivity index (χ0n) is 20.1. The van der Waals surface area contributed by atoms with Gasteiger partial charge in [0.15, 0.2) is 0 Å². The topological polar surface area (TPSA) is 67.6 Å². The number of benzene rings is 2. The number of nitrogens with zero attached hydrogens (tertiary/aromatic N) is 4. The molecule has 9 heteroatoms. The van der Waals surface area contributed by atoms with Crippen LogP contribution in [0.25, 0.3) is 5.70 Å². The molecule has 186 valence electrons. The zero-order chi connectivity index (χ0) is 25.8. The van der Waals surface area contributed by atoms with Crippen molar-refractivity contribution in [2.45, 2.75) is 20.3 Å². The molecule has 4 rings (SSSR count). The molecule has 0 radical (unpaired) electrons. The molecule has 6 nitrogen and oxygen atoms in total. The molecule has 2 heterocycles. The zero-order valence-corrected chi connectivity index (χ0v) is 20.9. The van der Waals surface area contributed by atoms with Gasteiger partial charge in [-0.2, -0.15) is 5.26 Å². The largest absolute Gasteiger partial charge is 0.339 e. The van der Waals surface area contributed by atoms with Gasteiger partial charge in [-0.15, -0.1) is 0 Å². The highest BCUT2D eigenvalue weighted by Crippen LogP contribution is 2.44. The second-order valence-corrected chi connectivity index (χ2v) is 9.86. The van der Waals surface area contributed by atoms with Gasteiger partial charge in [-0.1, -0.05) is 25.6 Å². The number of piperazine rings is 1. The number of thioether (sulfide) groups is 1. The quantitative estimate of drug-likeness (QED) is 0.422. The molecule has 1 fully saturated rings. The minimum atomic E-state index is -0.420. The molecule has 2 aromatic carbocycles. The molecular weight excluding hydrogens is 482 g/mol. The van der Waals surface area contributed by atoms with Gasteiger partial charge < -0.3 is 14.7 Å². The lowest BCUT2D eigenvalue weighted by Gasteiger charge is -2.35. The molecule has 0 aliphatic carbocycles. The molecule has 0 unspecified atom stereocenters. The van der Waals surface area contributed by atoms with Crippen LogP contribution in [-0.4, -0.2) is 47.8 Å². The number of halogens is 2. The Morgan fingerprint density at radius 2 is 1.50 bits per heavy atom. The van der Waals surface area contributed by atoms with E-state index in [1.54, 1.807) is 44.4 Å². The molecule has 2 amide bonds. The van der Waals surface area contributed by atoms with Crippen LogP contribution in [0.15, 0.2) is 64.5 Å². The van der Waals surface area contributed by atoms with E-state index < -0.39 is 11.7 Å². The first-order chi connectivity index (χ1) is 17.3. The van der Waals surface area contributed by atoms with Crippen LogP contribution in [0.4, 0.5) is 14.5 Å². The number of carbonyl (C=O) groups excluding carboxylic acids is 2. The number of rotatable bonds is 5. The Balaban J connectivity index is 1.62. The van der Waals surface area contributed by atoms with Gasteiger partial charge in [-0.25, -0.2) is 8.78 Å². The average Bonchev–Trinajstić information content (AvgIpc) is 3.29. The average molecular weight is 509 g/mol. The summed E-state index contributed by atoms with van der Waals surface area (Å²) in [5.74, 6) is -0.889. The maximum atomic E-state index is 13.7. The van der Waals surface area contributed by atoms with Gasteiger partial charge in [0.25, 0.3) is 5.91 Å². The van der Waals surface area contributed by atoms with Crippen LogP contribution in [0.1, 0.15) is 25.8 Å². The first-order valence-electron chi connectivity index (χ1n) is 11.7. The highest BCUT2D eigenvalue weighted by atomic mass is 32.2. The molecule has 2 aromatic rings. The van der Waals surface area contributed by atoms with Crippen molar-refractivity contribution in [1.29, 1.82) is 5.26 Å². The Labute approximate surface area is 213 Å². The van der Waals surface area contributed by atoms with E-state index in [0.29, 0.717) is 54.6 Å². The van der Waals surface area contributed by atoms with Crippen molar-refractivity contribution in [3.8, 4) is 6.07 Å². The van der Waals surface area contributed by atoms with Crippen LogP contribution in [-0.2, 0) is 9.59 Å². The minimum Gasteiger partial charge on any atom is -0.339 e. The predicted molar refractivity (Wildman–Crippen MR) is 136 cm³/mol. The molecule has 2 aliphatic heterocycles. The minimum absolute atomic E-state index is 0.0420. The molecular formula is C27H26F2N4O2S. The summed E-state index contributed by atoms with van der Waals surface area (Å²) in [4.78, 5) is 30.9. The number of amides is 2. The van der Waals surface area contributed by atoms with Gasteiger partial charge in [0, 0.05) is 43.7 Å². The molecule has 0 aromatic heterocycles. The number of hydrogen-bond acceptors (Lipinski definition) is 5. The third-order valence-electron chi connectivity index (χ3n) is 5.99. The van der Waals surface area contributed by atoms with Gasteiger partial charge in [-0.3, -0.25) is 9.59 Å². The Morgan fingerprint density at radius 1 is 0.944 bits per heavy atom. The third-order valence-corrected chi connectivity index (χ3v) is 6.94. The van der Waals surface area contributed by atoms with E-state index >= 15 is 0 Å². The number of hydrogen-bond donors (Lipinski definition) is 0. The van der Waals surface area contributed by atoms with Crippen LogP contribution in [0.2, 0.25) is 0 Å². The van der Waals surface area contributed by atoms with Crippen molar-refractivity contribution in [2.24, 2.45) is 5.92 Å². The predicted octanol–water partition coefficient (Wildman–Crippen LogP) is 4.97. The lowest BCUT2D eigenvalue weighted by molar-refractivity contribution is -0.138. The van der Waals surface area contributed by atoms with E-state index in [-0.39, 0.29) is 23.2 Å². The summed E-state index contributed by atoms with van der Waals surface area (Å²) in [7, 11) is 0. The van der Waals surface area contributed by atoms with E-state index in [1.807, 2.05) is 13.8 Å². The summed E-state index contributed by atoms with van der Waals surface area (Å²) in [6, 6.07) is 13.7. The highest BCUT2D eigenvalue weighted by Gasteiger charge is 2.33. The van der Waals surface area contributed by atoms with E-state index in [4.69, 9.17) is 0 Å². The highest BCUT2D eigenvalue weighted by molar-refractivity contribution is 8.06. The molecule has 0 bridgehead atoms. The van der Waals surface area contributed by atoms with Crippen LogP contribution >= 0.6 is 11.8 Å². The third kappa shape index (κ3) is 5.44. The SMILES string of the molecule is CC(C)CC(=O)N1CCN(C(=O)/C(C#N)=C2\SC=C(c3ccc(F)cc3)N2c2ccc(F)cc2)CC1. The lowest BCUT2D eigenvalue weighted by atomic mass is 10.1. The fourth-order valence-corrected chi connectivity index (χ4v) is 5.17. The van der Waals surface area contributed by atoms with Gasteiger partial charge in [0.2, 0.25) is 5.91 Å². The lowest BCUT2D eigenvalue weighted by Crippen LogP contribution is -2.51. The number of anilines is 1. The van der Waals surface area contributed by atoms with Crippen LogP contribution in [0.5, 0.6) is 0 Å². The molecule has 0 atom stereocenters. The number of carbonyl (C=O) groups is 2. The summed E-state index contributed by atoms with van der Waals surface area (Å²) in [5.41, 5.74) is 1.85. The first kappa shape index (κ1) is 25.5. The maximum Gasteiger partial charge on any atom is 0.267 e. The Kier molecular flexibility index (Phi) is 7.75. The summed E-state index contributed by atoms with van der Waals surface area (Å²) in [6.45, 7) is 5.48. The molecule has 36 heavy (non-hydrogen) atoms. The fourth-order valence-electron chi connectivity index (χ4n) is 4.14. The molecule has 0 saturated carbocycles.